The molecule has 4 aliphatic rings. The van der Waals surface area contributed by atoms with Gasteiger partial charge >= 0.3 is 0 Å². The molecule has 0 saturated heterocycles. The summed E-state index contributed by atoms with van der Waals surface area (Å²) in [5.74, 6) is 0.611. The Bertz CT molecular complexity index is 667. The maximum Gasteiger partial charge on any atom is 0.0107 e. The van der Waals surface area contributed by atoms with E-state index in [2.05, 4.69) is 66.8 Å². The Morgan fingerprint density at radius 3 is 2.53 bits per heavy atom. The Labute approximate surface area is 114 Å². The Morgan fingerprint density at radius 2 is 1.58 bits per heavy atom. The summed E-state index contributed by atoms with van der Waals surface area (Å²) in [6, 6.07) is 0. The standard InChI is InChI=1S/C19H16/c1-2-6-10-16-15(9-5-1)17-11-7-3-4-8-14-12-13-18(16)19(14)17/h1-11,18H,12-13H2/b2-1?,4-3?,5-1?,6-2?,7-3?,8-4?,9-5?,10-6-,11-7?,14-8?,15-9?,16-10?,17-11?. The molecule has 0 fully saturated rings. The minimum Gasteiger partial charge on any atom is -0.0623 e. The van der Waals surface area contributed by atoms with Crippen molar-refractivity contribution < 1.29 is 0 Å². The molecule has 0 aromatic rings. The first-order chi connectivity index (χ1) is 9.45. The zero-order valence-corrected chi connectivity index (χ0v) is 10.8. The van der Waals surface area contributed by atoms with Crippen LogP contribution >= 0.6 is 0 Å². The first-order valence-electron chi connectivity index (χ1n) is 6.99. The van der Waals surface area contributed by atoms with Crippen molar-refractivity contribution in [1.29, 1.82) is 0 Å². The van der Waals surface area contributed by atoms with E-state index in [0.717, 1.165) is 0 Å². The lowest BCUT2D eigenvalue weighted by molar-refractivity contribution is 0.733. The fourth-order valence-corrected chi connectivity index (χ4v) is 3.53. The van der Waals surface area contributed by atoms with Gasteiger partial charge in [0.25, 0.3) is 0 Å². The smallest absolute Gasteiger partial charge is 0.0107 e. The van der Waals surface area contributed by atoms with Crippen LogP contribution in [0.4, 0.5) is 0 Å². The van der Waals surface area contributed by atoms with E-state index in [1.807, 2.05) is 0 Å². The number of rotatable bonds is 0. The lowest BCUT2D eigenvalue weighted by Crippen LogP contribution is -1.95. The second-order valence-corrected chi connectivity index (χ2v) is 5.33. The topological polar surface area (TPSA) is 0 Å². The Kier molecular flexibility index (Phi) is 2.41. The monoisotopic (exact) mass is 244 g/mol. The van der Waals surface area contributed by atoms with Gasteiger partial charge < -0.3 is 0 Å². The van der Waals surface area contributed by atoms with Gasteiger partial charge in [0.1, 0.15) is 0 Å². The van der Waals surface area contributed by atoms with Crippen molar-refractivity contribution in [3.63, 3.8) is 0 Å². The molecule has 0 nitrogen and oxygen atoms in total. The summed E-state index contributed by atoms with van der Waals surface area (Å²) in [7, 11) is 0. The fraction of sp³-hybridized carbons (Fsp3) is 0.158. The zero-order valence-electron chi connectivity index (χ0n) is 10.8. The normalized spacial score (nSPS) is 28.6. The summed E-state index contributed by atoms with van der Waals surface area (Å²) in [6.45, 7) is 0. The maximum absolute atomic E-state index is 2.30. The molecule has 1 atom stereocenters. The number of allylic oxidation sites excluding steroid dienone is 16. The molecule has 0 bridgehead atoms. The third-order valence-corrected chi connectivity index (χ3v) is 4.32. The van der Waals surface area contributed by atoms with Gasteiger partial charge in [0.05, 0.1) is 0 Å². The molecule has 0 amide bonds. The molecule has 4 rings (SSSR count). The fourth-order valence-electron chi connectivity index (χ4n) is 3.53. The van der Waals surface area contributed by atoms with Gasteiger partial charge in [0.15, 0.2) is 0 Å². The molecular formula is C19H16. The molecular weight excluding hydrogens is 228 g/mol. The third kappa shape index (κ3) is 1.60. The zero-order chi connectivity index (χ0) is 12.7. The summed E-state index contributed by atoms with van der Waals surface area (Å²) in [5, 5.41) is 0. The van der Waals surface area contributed by atoms with Crippen LogP contribution < -0.4 is 0 Å². The van der Waals surface area contributed by atoms with Crippen LogP contribution in [0.25, 0.3) is 0 Å². The van der Waals surface area contributed by atoms with E-state index >= 15 is 0 Å². The van der Waals surface area contributed by atoms with Crippen molar-refractivity contribution >= 4 is 0 Å². The molecule has 0 aliphatic heterocycles. The average molecular weight is 244 g/mol. The summed E-state index contributed by atoms with van der Waals surface area (Å²) >= 11 is 0. The molecule has 0 heteroatoms. The van der Waals surface area contributed by atoms with Gasteiger partial charge in [-0.25, -0.2) is 0 Å². The molecule has 0 spiro atoms. The predicted molar refractivity (Wildman–Crippen MR) is 80.6 cm³/mol. The number of fused-ring (bicyclic) bond motifs is 2. The second-order valence-electron chi connectivity index (χ2n) is 5.33. The highest BCUT2D eigenvalue weighted by Gasteiger charge is 2.36. The van der Waals surface area contributed by atoms with Gasteiger partial charge in [0, 0.05) is 5.92 Å². The van der Waals surface area contributed by atoms with Crippen molar-refractivity contribution in [2.45, 2.75) is 12.8 Å². The van der Waals surface area contributed by atoms with Crippen molar-refractivity contribution in [2.24, 2.45) is 5.92 Å². The molecule has 19 heavy (non-hydrogen) atoms. The van der Waals surface area contributed by atoms with E-state index in [9.17, 15) is 0 Å². The van der Waals surface area contributed by atoms with E-state index in [0.29, 0.717) is 5.92 Å². The summed E-state index contributed by atoms with van der Waals surface area (Å²) in [6.07, 6.45) is 26.6. The van der Waals surface area contributed by atoms with Gasteiger partial charge in [-0.1, -0.05) is 66.8 Å². The van der Waals surface area contributed by atoms with Crippen LogP contribution in [0, 0.1) is 5.92 Å². The van der Waals surface area contributed by atoms with Crippen LogP contribution in [0.5, 0.6) is 0 Å². The highest BCUT2D eigenvalue weighted by atomic mass is 14.4. The lowest BCUT2D eigenvalue weighted by atomic mass is 9.95. The van der Waals surface area contributed by atoms with E-state index in [1.165, 1.54) is 35.1 Å². The molecule has 1 unspecified atom stereocenters. The van der Waals surface area contributed by atoms with Crippen LogP contribution in [-0.4, -0.2) is 0 Å². The predicted octanol–water partition coefficient (Wildman–Crippen LogP) is 4.74. The van der Waals surface area contributed by atoms with E-state index in [1.54, 1.807) is 5.57 Å². The Hall–Kier alpha value is -2.08. The van der Waals surface area contributed by atoms with Gasteiger partial charge in [0.2, 0.25) is 0 Å². The summed E-state index contributed by atoms with van der Waals surface area (Å²) in [4.78, 5) is 0. The minimum absolute atomic E-state index is 0.611. The third-order valence-electron chi connectivity index (χ3n) is 4.32. The summed E-state index contributed by atoms with van der Waals surface area (Å²) in [5.41, 5.74) is 7.45. The van der Waals surface area contributed by atoms with Crippen LogP contribution in [0.15, 0.2) is 94.7 Å². The van der Waals surface area contributed by atoms with Crippen LogP contribution in [0.2, 0.25) is 0 Å². The van der Waals surface area contributed by atoms with Crippen molar-refractivity contribution in [3.05, 3.63) is 94.7 Å². The molecule has 0 N–H and O–H groups in total. The quantitative estimate of drug-likeness (QED) is 0.577. The lowest BCUT2D eigenvalue weighted by Gasteiger charge is -2.08. The molecule has 0 saturated carbocycles. The Balaban J connectivity index is 1.95. The first kappa shape index (κ1) is 10.8. The van der Waals surface area contributed by atoms with Crippen LogP contribution in [0.1, 0.15) is 12.8 Å². The van der Waals surface area contributed by atoms with Crippen molar-refractivity contribution in [3.8, 4) is 0 Å². The molecule has 0 aromatic heterocycles. The van der Waals surface area contributed by atoms with Crippen LogP contribution in [-0.2, 0) is 0 Å². The molecule has 0 aromatic carbocycles. The summed E-state index contributed by atoms with van der Waals surface area (Å²) < 4.78 is 0. The average Bonchev–Trinajstić information content (AvgIpc) is 2.84. The molecule has 0 heterocycles. The minimum atomic E-state index is 0.611. The molecule has 0 radical (unpaired) electrons. The van der Waals surface area contributed by atoms with Gasteiger partial charge in [-0.05, 0) is 40.7 Å². The number of hydrogen-bond donors (Lipinski definition) is 0. The highest BCUT2D eigenvalue weighted by Crippen LogP contribution is 2.51. The number of hydrogen-bond acceptors (Lipinski definition) is 0. The van der Waals surface area contributed by atoms with E-state index in [-0.39, 0.29) is 0 Å². The van der Waals surface area contributed by atoms with Gasteiger partial charge in [-0.3, -0.25) is 0 Å². The van der Waals surface area contributed by atoms with Gasteiger partial charge in [-0.2, -0.15) is 0 Å². The molecule has 4 aliphatic carbocycles. The van der Waals surface area contributed by atoms with E-state index in [4.69, 9.17) is 0 Å². The largest absolute Gasteiger partial charge is 0.0623 e. The highest BCUT2D eigenvalue weighted by molar-refractivity contribution is 5.70. The van der Waals surface area contributed by atoms with E-state index < -0.39 is 0 Å². The van der Waals surface area contributed by atoms with Crippen molar-refractivity contribution in [2.75, 3.05) is 0 Å². The Morgan fingerprint density at radius 1 is 0.789 bits per heavy atom. The van der Waals surface area contributed by atoms with Crippen molar-refractivity contribution in [1.82, 2.24) is 0 Å². The van der Waals surface area contributed by atoms with Gasteiger partial charge in [-0.15, -0.1) is 0 Å². The maximum atomic E-state index is 2.30. The van der Waals surface area contributed by atoms with Crippen LogP contribution in [0.3, 0.4) is 0 Å². The SMILES string of the molecule is C1=CC=C2C3=C(/C=C\C=CC=C3)C3CCC(=C23)C=C1. The molecule has 92 valence electrons. The first-order valence-corrected chi connectivity index (χ1v) is 6.99. The second kappa shape index (κ2) is 4.24.